The van der Waals surface area contributed by atoms with Crippen molar-refractivity contribution in [3.8, 4) is 0 Å². The molecule has 0 saturated heterocycles. The number of rotatable bonds is 31. The topological polar surface area (TPSA) is 94.1 Å². The van der Waals surface area contributed by atoms with E-state index in [4.69, 9.17) is 18.5 Å². The molecule has 0 heterocycles. The third kappa shape index (κ3) is 32.1. The smallest absolute Gasteiger partial charge is 0.306 e. The van der Waals surface area contributed by atoms with E-state index in [0.29, 0.717) is 17.6 Å². The summed E-state index contributed by atoms with van der Waals surface area (Å²) in [6.45, 7) is 5.21. The Balaban J connectivity index is 4.41. The van der Waals surface area contributed by atoms with E-state index in [1.165, 1.54) is 44.9 Å². The highest BCUT2D eigenvalue weighted by Crippen LogP contribution is 2.38. The van der Waals surface area contributed by atoms with E-state index in [1.54, 1.807) is 0 Å². The van der Waals surface area contributed by atoms with Crippen LogP contribution in [0, 0.1) is 0 Å². The summed E-state index contributed by atoms with van der Waals surface area (Å²) in [6.07, 6.45) is 30.1. The second kappa shape index (κ2) is 29.1. The van der Waals surface area contributed by atoms with E-state index in [2.05, 4.69) is 50.3 Å². The van der Waals surface area contributed by atoms with Gasteiger partial charge in [0, 0.05) is 13.0 Å². The maximum absolute atomic E-state index is 12.5. The quantitative estimate of drug-likeness (QED) is 0.0246. The number of allylic oxidation sites excluding steroid dienone is 6. The summed E-state index contributed by atoms with van der Waals surface area (Å²) in [5, 5.41) is 0. The summed E-state index contributed by atoms with van der Waals surface area (Å²) in [5.74, 6) is -0.366. The fourth-order valence-corrected chi connectivity index (χ4v) is 4.99. The highest BCUT2D eigenvalue weighted by molar-refractivity contribution is 7.45. The van der Waals surface area contributed by atoms with Crippen LogP contribution < -0.4 is 4.89 Å². The molecular formula is C35H66NO7P. The first-order chi connectivity index (χ1) is 21.1. The van der Waals surface area contributed by atoms with Gasteiger partial charge in [-0.25, -0.2) is 0 Å². The summed E-state index contributed by atoms with van der Waals surface area (Å²) in [6, 6.07) is 0. The van der Waals surface area contributed by atoms with Crippen LogP contribution in [-0.2, 0) is 27.9 Å². The third-order valence-corrected chi connectivity index (χ3v) is 7.92. The van der Waals surface area contributed by atoms with Crippen LogP contribution in [0.3, 0.4) is 0 Å². The van der Waals surface area contributed by atoms with Crippen LogP contribution in [0.2, 0.25) is 0 Å². The summed E-state index contributed by atoms with van der Waals surface area (Å²) < 4.78 is 34.2. The van der Waals surface area contributed by atoms with Gasteiger partial charge in [-0.15, -0.1) is 0 Å². The Kier molecular flexibility index (Phi) is 28.3. The van der Waals surface area contributed by atoms with Gasteiger partial charge in [-0.3, -0.25) is 9.36 Å². The molecule has 2 atom stereocenters. The van der Waals surface area contributed by atoms with Crippen molar-refractivity contribution in [2.75, 3.05) is 54.1 Å². The van der Waals surface area contributed by atoms with E-state index < -0.39 is 13.9 Å². The van der Waals surface area contributed by atoms with Crippen LogP contribution in [-0.4, -0.2) is 70.7 Å². The van der Waals surface area contributed by atoms with Crippen molar-refractivity contribution in [1.82, 2.24) is 0 Å². The van der Waals surface area contributed by atoms with Crippen molar-refractivity contribution >= 4 is 13.8 Å². The van der Waals surface area contributed by atoms with E-state index in [9.17, 15) is 14.3 Å². The van der Waals surface area contributed by atoms with Gasteiger partial charge >= 0.3 is 5.97 Å². The van der Waals surface area contributed by atoms with Gasteiger partial charge < -0.3 is 27.9 Å². The number of phosphoric acid groups is 1. The van der Waals surface area contributed by atoms with Crippen LogP contribution in [0.5, 0.6) is 0 Å². The Bertz CT molecular complexity index is 807. The van der Waals surface area contributed by atoms with Crippen LogP contribution in [0.15, 0.2) is 36.5 Å². The predicted molar refractivity (Wildman–Crippen MR) is 180 cm³/mol. The molecule has 8 nitrogen and oxygen atoms in total. The van der Waals surface area contributed by atoms with Gasteiger partial charge in [0.15, 0.2) is 0 Å². The van der Waals surface area contributed by atoms with Crippen molar-refractivity contribution in [3.05, 3.63) is 36.5 Å². The van der Waals surface area contributed by atoms with Crippen molar-refractivity contribution in [1.29, 1.82) is 0 Å². The number of nitrogens with zero attached hydrogens (tertiary/aromatic N) is 1. The standard InChI is InChI=1S/C35H66NO7P/c1-6-8-10-12-14-16-17-18-19-20-22-24-26-28-35(37)43-34(33-42-44(38,39)41-31-29-36(3,4)5)32-40-30-27-25-23-21-15-13-11-9-7-2/h8,10,14,16,18-19,34H,6-7,9,11-13,15,17,20-33H2,1-5H3/b10-8-,16-14-,19-18-. The Morgan fingerprint density at radius 1 is 0.727 bits per heavy atom. The summed E-state index contributed by atoms with van der Waals surface area (Å²) in [7, 11) is 1.33. The lowest BCUT2D eigenvalue weighted by atomic mass is 10.1. The fourth-order valence-electron chi connectivity index (χ4n) is 4.26. The molecule has 0 amide bonds. The average molecular weight is 644 g/mol. The van der Waals surface area contributed by atoms with Crippen molar-refractivity contribution in [2.24, 2.45) is 0 Å². The van der Waals surface area contributed by atoms with Crippen LogP contribution in [0.25, 0.3) is 0 Å². The minimum atomic E-state index is -4.52. The molecule has 44 heavy (non-hydrogen) atoms. The maximum atomic E-state index is 12.5. The molecule has 0 aromatic rings. The summed E-state index contributed by atoms with van der Waals surface area (Å²) in [5.41, 5.74) is 0. The van der Waals surface area contributed by atoms with E-state index in [0.717, 1.165) is 57.8 Å². The first kappa shape index (κ1) is 42.7. The number of likely N-dealkylation sites (N-methyl/N-ethyl adjacent to an activating group) is 1. The molecular weight excluding hydrogens is 577 g/mol. The molecule has 9 heteroatoms. The molecule has 0 saturated carbocycles. The Hall–Kier alpha value is -1.28. The lowest BCUT2D eigenvalue weighted by Gasteiger charge is -2.28. The van der Waals surface area contributed by atoms with Gasteiger partial charge in [0.25, 0.3) is 7.82 Å². The molecule has 0 aliphatic rings. The highest BCUT2D eigenvalue weighted by atomic mass is 31.2. The average Bonchev–Trinajstić information content (AvgIpc) is 2.96. The number of carbonyl (C=O) groups excluding carboxylic acids is 1. The van der Waals surface area contributed by atoms with Gasteiger partial charge in [0.2, 0.25) is 0 Å². The number of carbonyl (C=O) groups is 1. The second-order valence-electron chi connectivity index (χ2n) is 12.5. The lowest BCUT2D eigenvalue weighted by molar-refractivity contribution is -0.870. The maximum Gasteiger partial charge on any atom is 0.306 e. The second-order valence-corrected chi connectivity index (χ2v) is 13.9. The minimum Gasteiger partial charge on any atom is -0.756 e. The normalized spacial score (nSPS) is 14.6. The Morgan fingerprint density at radius 3 is 1.95 bits per heavy atom. The third-order valence-electron chi connectivity index (χ3n) is 6.96. The zero-order valence-corrected chi connectivity index (χ0v) is 29.7. The molecule has 0 aromatic carbocycles. The molecule has 0 radical (unpaired) electrons. The van der Waals surface area contributed by atoms with Gasteiger partial charge in [-0.2, -0.15) is 0 Å². The molecule has 0 aromatic heterocycles. The van der Waals surface area contributed by atoms with Gasteiger partial charge in [-0.05, 0) is 44.9 Å². The van der Waals surface area contributed by atoms with Crippen LogP contribution in [0.4, 0.5) is 0 Å². The largest absolute Gasteiger partial charge is 0.756 e. The van der Waals surface area contributed by atoms with E-state index in [-0.39, 0.29) is 32.2 Å². The Morgan fingerprint density at radius 2 is 1.32 bits per heavy atom. The number of esters is 1. The molecule has 0 fully saturated rings. The minimum absolute atomic E-state index is 0.0202. The zero-order valence-electron chi connectivity index (χ0n) is 28.8. The highest BCUT2D eigenvalue weighted by Gasteiger charge is 2.20. The molecule has 2 unspecified atom stereocenters. The first-order valence-electron chi connectivity index (χ1n) is 17.2. The molecule has 0 bridgehead atoms. The molecule has 0 spiro atoms. The fraction of sp³-hybridized carbons (Fsp3) is 0.800. The SMILES string of the molecule is CC/C=C\C/C=C\C/C=C\CCCCCC(=O)OC(COCCCCCCCCCCC)COP(=O)([O-])OCC[N+](C)(C)C. The van der Waals surface area contributed by atoms with Crippen molar-refractivity contribution in [3.63, 3.8) is 0 Å². The van der Waals surface area contributed by atoms with Crippen molar-refractivity contribution < 1.29 is 37.3 Å². The molecule has 0 rings (SSSR count). The monoisotopic (exact) mass is 643 g/mol. The molecule has 0 N–H and O–H groups in total. The number of hydrogen-bond donors (Lipinski definition) is 0. The molecule has 258 valence electrons. The lowest BCUT2D eigenvalue weighted by Crippen LogP contribution is -2.37. The molecule has 0 aliphatic heterocycles. The summed E-state index contributed by atoms with van der Waals surface area (Å²) >= 11 is 0. The Labute approximate surface area is 270 Å². The van der Waals surface area contributed by atoms with Crippen molar-refractivity contribution in [2.45, 2.75) is 129 Å². The zero-order chi connectivity index (χ0) is 32.8. The van der Waals surface area contributed by atoms with Gasteiger partial charge in [0.1, 0.15) is 19.3 Å². The molecule has 0 aliphatic carbocycles. The number of unbranched alkanes of at least 4 members (excludes halogenated alkanes) is 11. The number of quaternary nitrogens is 1. The van der Waals surface area contributed by atoms with Crippen LogP contribution in [0.1, 0.15) is 123 Å². The number of phosphoric ester groups is 1. The number of ether oxygens (including phenoxy) is 2. The van der Waals surface area contributed by atoms with E-state index >= 15 is 0 Å². The first-order valence-corrected chi connectivity index (χ1v) is 18.7. The van der Waals surface area contributed by atoms with Gasteiger partial charge in [-0.1, -0.05) is 108 Å². The number of hydrogen-bond acceptors (Lipinski definition) is 7. The van der Waals surface area contributed by atoms with Crippen LogP contribution >= 0.6 is 7.82 Å². The summed E-state index contributed by atoms with van der Waals surface area (Å²) in [4.78, 5) is 24.8. The van der Waals surface area contributed by atoms with E-state index in [1.807, 2.05) is 21.1 Å². The predicted octanol–water partition coefficient (Wildman–Crippen LogP) is 8.46. The van der Waals surface area contributed by atoms with Gasteiger partial charge in [0.05, 0.1) is 34.4 Å².